The SMILES string of the molecule is BrCCCBr.Brc1ccc2c(c1)OCCCN2.Nc1ccc(Br)cc1O.O=[N+]([O-])c1ccc(Br)cc1.O=[N+]([O-])c1ccc(Br)cc1O.Oc1cccc(Br)c1.[Cl][Sn][Cl]. The van der Waals surface area contributed by atoms with Crippen molar-refractivity contribution in [1.82, 2.24) is 0 Å². The first-order valence-electron chi connectivity index (χ1n) is 15.9. The van der Waals surface area contributed by atoms with E-state index in [0.29, 0.717) is 15.9 Å². The summed E-state index contributed by atoms with van der Waals surface area (Å²) < 4.78 is 9.78. The zero-order chi connectivity index (χ0) is 44.0. The molecule has 6 N–H and O–H groups in total. The average molecular weight is 1400 g/mol. The molecule has 58 heavy (non-hydrogen) atoms. The standard InChI is InChI=1S/C9H10BrNO.C6H4BrNO3.C6H4BrNO2.C6H6BrNO.C6H5BrO.C3H6Br2.2ClH.Sn/c10-7-2-3-8-9(6-7)12-5-1-4-11-8;7-4-1-2-5(8(10)11)6(9)3-4;7-5-1-3-6(4-2-5)8(9)10;7-4-1-2-5(8)6(9)3-4;7-5-2-1-3-6(8)4-5;4-2-1-3-5;;;/h2-3,6,11H,1,4-5H2;1-3,9H;1-4H;1-3,9H,8H2;1-4,8H;1-3H2;2*1H;/q;;;;;;;;+2/p-2. The minimum absolute atomic E-state index is 0.114. The topological polar surface area (TPSA) is 194 Å². The van der Waals surface area contributed by atoms with E-state index in [1.54, 1.807) is 48.5 Å². The predicted octanol–water partition coefficient (Wildman–Crippen LogP) is 14.1. The molecule has 0 spiro atoms. The number of hydrogen-bond acceptors (Lipinski definition) is 10. The molecule has 5 aromatic carbocycles. The fraction of sp³-hybridized carbons (Fsp3) is 0.167. The van der Waals surface area contributed by atoms with Crippen molar-refractivity contribution in [2.45, 2.75) is 12.8 Å². The Morgan fingerprint density at radius 1 is 0.707 bits per heavy atom. The molecule has 22 heteroatoms. The number of phenols is 3. The Bertz CT molecular complexity index is 1940. The Balaban J connectivity index is 0.000000673. The number of anilines is 2. The summed E-state index contributed by atoms with van der Waals surface area (Å²) in [5.74, 6) is 1.02. The van der Waals surface area contributed by atoms with Gasteiger partial charge in [-0.25, -0.2) is 0 Å². The molecule has 2 radical (unpaired) electrons. The van der Waals surface area contributed by atoms with Crippen LogP contribution >= 0.6 is 129 Å². The van der Waals surface area contributed by atoms with Gasteiger partial charge in [-0.15, -0.1) is 0 Å². The maximum atomic E-state index is 10.2. The van der Waals surface area contributed by atoms with E-state index in [2.05, 4.69) is 117 Å². The molecule has 0 atom stereocenters. The van der Waals surface area contributed by atoms with E-state index >= 15 is 0 Å². The molecule has 6 rings (SSSR count). The number of hydrogen-bond donors (Lipinski definition) is 5. The number of nitrogens with one attached hydrogen (secondary N) is 1. The van der Waals surface area contributed by atoms with Crippen molar-refractivity contribution in [2.24, 2.45) is 0 Å². The van der Waals surface area contributed by atoms with Crippen LogP contribution in [0, 0.1) is 20.2 Å². The summed E-state index contributed by atoms with van der Waals surface area (Å²) in [6, 6.07) is 28.1. The van der Waals surface area contributed by atoms with Crippen molar-refractivity contribution >= 4 is 171 Å². The van der Waals surface area contributed by atoms with E-state index < -0.39 is 28.7 Å². The number of alkyl halides is 2. The second kappa shape index (κ2) is 34.1. The van der Waals surface area contributed by atoms with E-state index in [9.17, 15) is 20.2 Å². The second-order valence-electron chi connectivity index (χ2n) is 10.4. The van der Waals surface area contributed by atoms with Gasteiger partial charge in [0.15, 0.2) is 5.75 Å². The van der Waals surface area contributed by atoms with Crippen LogP contribution in [0.1, 0.15) is 12.8 Å². The first-order valence-corrected chi connectivity index (χ1v) is 29.4. The number of nitrogens with zero attached hydrogens (tertiary/aromatic N) is 2. The number of nitrogen functional groups attached to an aromatic ring is 1. The van der Waals surface area contributed by atoms with Crippen molar-refractivity contribution < 1.29 is 29.9 Å². The van der Waals surface area contributed by atoms with Gasteiger partial charge in [0.1, 0.15) is 17.2 Å². The Kier molecular flexibility index (Phi) is 33.2. The number of halogens is 9. The molecule has 0 aromatic heterocycles. The van der Waals surface area contributed by atoms with E-state index in [1.165, 1.54) is 36.8 Å². The van der Waals surface area contributed by atoms with Crippen molar-refractivity contribution in [2.75, 3.05) is 34.9 Å². The number of nitrogens with two attached hydrogens (primary N) is 1. The average Bonchev–Trinajstić information content (AvgIpc) is 3.40. The van der Waals surface area contributed by atoms with Crippen LogP contribution in [0.15, 0.2) is 125 Å². The van der Waals surface area contributed by atoms with Crippen molar-refractivity contribution in [1.29, 1.82) is 0 Å². The van der Waals surface area contributed by atoms with Gasteiger partial charge in [-0.05, 0) is 85.6 Å². The number of ether oxygens (including phenoxy) is 1. The van der Waals surface area contributed by atoms with Gasteiger partial charge in [-0.1, -0.05) is 118 Å². The molecular weight excluding hydrogens is 1370 g/mol. The number of benzene rings is 5. The molecular formula is C36H35Br7Cl2N4O8Sn. The van der Waals surface area contributed by atoms with Gasteiger partial charge in [0, 0.05) is 63.8 Å². The molecule has 0 amide bonds. The third-order valence-corrected chi connectivity index (χ3v) is 9.70. The zero-order valence-corrected chi connectivity index (χ0v) is 45.3. The Morgan fingerprint density at radius 2 is 1.22 bits per heavy atom. The van der Waals surface area contributed by atoms with E-state index in [1.807, 2.05) is 24.3 Å². The summed E-state index contributed by atoms with van der Waals surface area (Å²) in [6.07, 6.45) is 2.28. The van der Waals surface area contributed by atoms with E-state index in [4.69, 9.17) is 43.6 Å². The molecule has 1 aliphatic rings. The number of aromatic hydroxyl groups is 3. The van der Waals surface area contributed by atoms with Gasteiger partial charge < -0.3 is 31.1 Å². The number of non-ortho nitro benzene ring substituents is 1. The van der Waals surface area contributed by atoms with Gasteiger partial charge >= 0.3 is 42.4 Å². The van der Waals surface area contributed by atoms with Crippen LogP contribution in [0.5, 0.6) is 23.0 Å². The minimum atomic E-state index is -0.826. The van der Waals surface area contributed by atoms with Gasteiger partial charge in [-0.2, -0.15) is 0 Å². The van der Waals surface area contributed by atoms with Crippen LogP contribution < -0.4 is 15.8 Å². The van der Waals surface area contributed by atoms with Crippen LogP contribution in [0.25, 0.3) is 0 Å². The molecule has 0 fully saturated rings. The van der Waals surface area contributed by atoms with Gasteiger partial charge in [0.25, 0.3) is 5.69 Å². The molecule has 0 aliphatic carbocycles. The van der Waals surface area contributed by atoms with Crippen molar-refractivity contribution in [3.8, 4) is 23.0 Å². The normalized spacial score (nSPS) is 10.4. The van der Waals surface area contributed by atoms with E-state index in [0.717, 1.165) is 59.6 Å². The number of rotatable bonds is 4. The first-order chi connectivity index (χ1) is 27.5. The third-order valence-electron chi connectivity index (χ3n) is 6.08. The van der Waals surface area contributed by atoms with Gasteiger partial charge in [0.05, 0.1) is 27.8 Å². The summed E-state index contributed by atoms with van der Waals surface area (Å²) in [5.41, 5.74) is 6.64. The van der Waals surface area contributed by atoms with Crippen LogP contribution in [-0.4, -0.2) is 67.9 Å². The molecule has 5 aromatic rings. The number of nitro groups is 2. The summed E-state index contributed by atoms with van der Waals surface area (Å²) in [5, 5.41) is 52.5. The third kappa shape index (κ3) is 27.3. The van der Waals surface area contributed by atoms with Crippen LogP contribution in [0.4, 0.5) is 22.7 Å². The molecule has 0 unspecified atom stereocenters. The molecule has 1 heterocycles. The summed E-state index contributed by atoms with van der Waals surface area (Å²) >= 11 is 21.8. The van der Waals surface area contributed by atoms with E-state index in [-0.39, 0.29) is 22.9 Å². The Morgan fingerprint density at radius 3 is 1.67 bits per heavy atom. The zero-order valence-electron chi connectivity index (χ0n) is 29.8. The molecule has 314 valence electrons. The molecule has 0 saturated heterocycles. The number of phenolic OH excluding ortho intramolecular Hbond substituents is 3. The Labute approximate surface area is 412 Å². The second-order valence-corrected chi connectivity index (χ2v) is 20.8. The monoisotopic (exact) mass is 1390 g/mol. The molecule has 0 bridgehead atoms. The molecule has 12 nitrogen and oxygen atoms in total. The van der Waals surface area contributed by atoms with Crippen LogP contribution in [0.2, 0.25) is 0 Å². The Hall–Kier alpha value is -1.56. The fourth-order valence-electron chi connectivity index (χ4n) is 3.50. The molecule has 1 aliphatic heterocycles. The predicted molar refractivity (Wildman–Crippen MR) is 262 cm³/mol. The first kappa shape index (κ1) is 56.4. The van der Waals surface area contributed by atoms with Crippen LogP contribution in [0.3, 0.4) is 0 Å². The number of fused-ring (bicyclic) bond motifs is 1. The maximum absolute atomic E-state index is 10.2. The van der Waals surface area contributed by atoms with Crippen LogP contribution in [-0.2, 0) is 0 Å². The summed E-state index contributed by atoms with van der Waals surface area (Å²) in [7, 11) is 9.87. The summed E-state index contributed by atoms with van der Waals surface area (Å²) in [6.45, 7) is 1.80. The van der Waals surface area contributed by atoms with Crippen molar-refractivity contribution in [3.05, 3.63) is 146 Å². The quantitative estimate of drug-likeness (QED) is 0.0289. The fourth-order valence-corrected chi connectivity index (χ4v) is 6.50. The van der Waals surface area contributed by atoms with Gasteiger partial charge in [0.2, 0.25) is 0 Å². The summed E-state index contributed by atoms with van der Waals surface area (Å²) in [4.78, 5) is 19.2. The molecule has 0 saturated carbocycles. The van der Waals surface area contributed by atoms with Crippen molar-refractivity contribution in [3.63, 3.8) is 0 Å². The van der Waals surface area contributed by atoms with Gasteiger partial charge in [-0.3, -0.25) is 20.2 Å². The number of nitro benzene ring substituents is 2.